The van der Waals surface area contributed by atoms with E-state index in [-0.39, 0.29) is 5.91 Å². The maximum Gasteiger partial charge on any atom is 0.344 e. The summed E-state index contributed by atoms with van der Waals surface area (Å²) in [6.07, 6.45) is 0.674. The van der Waals surface area contributed by atoms with Gasteiger partial charge in [0.05, 0.1) is 17.7 Å². The smallest absolute Gasteiger partial charge is 0.344 e. The number of carbonyl (C=O) groups excluding carboxylic acids is 1. The number of nitrogens with one attached hydrogen (secondary N) is 1. The van der Waals surface area contributed by atoms with Crippen LogP contribution < -0.4 is 14.8 Å². The molecule has 1 amide bonds. The lowest BCUT2D eigenvalue weighted by Gasteiger charge is -2.14. The summed E-state index contributed by atoms with van der Waals surface area (Å²) in [7, 11) is 1.46. The van der Waals surface area contributed by atoms with E-state index in [0.717, 1.165) is 5.56 Å². The van der Waals surface area contributed by atoms with Gasteiger partial charge in [0.1, 0.15) is 0 Å². The monoisotopic (exact) mass is 446 g/mol. The molecule has 1 aliphatic rings. The Bertz CT molecular complexity index is 1070. The van der Waals surface area contributed by atoms with Crippen molar-refractivity contribution in [3.63, 3.8) is 0 Å². The highest BCUT2D eigenvalue weighted by atomic mass is 35.5. The number of amides is 1. The van der Waals surface area contributed by atoms with E-state index in [9.17, 15) is 9.59 Å². The quantitative estimate of drug-likeness (QED) is 0.638. The summed E-state index contributed by atoms with van der Waals surface area (Å²) in [6.45, 7) is 3.34. The Morgan fingerprint density at radius 3 is 2.73 bits per heavy atom. The second kappa shape index (κ2) is 9.23. The molecule has 1 unspecified atom stereocenters. The van der Waals surface area contributed by atoms with Crippen molar-refractivity contribution in [2.45, 2.75) is 20.0 Å². The van der Waals surface area contributed by atoms with Crippen LogP contribution in [0, 0.1) is 6.92 Å². The number of methoxy groups -OCH3 is 1. The van der Waals surface area contributed by atoms with Gasteiger partial charge in [0.25, 0.3) is 5.91 Å². The molecule has 1 heterocycles. The lowest BCUT2D eigenvalue weighted by Crippen LogP contribution is -2.23. The molecule has 1 fully saturated rings. The van der Waals surface area contributed by atoms with E-state index in [1.807, 2.05) is 13.0 Å². The van der Waals surface area contributed by atoms with Crippen LogP contribution in [0.3, 0.4) is 0 Å². The number of hydrogen-bond acceptors (Lipinski definition) is 6. The zero-order valence-corrected chi connectivity index (χ0v) is 18.0. The summed E-state index contributed by atoms with van der Waals surface area (Å²) in [5.74, 6) is -0.678. The number of rotatable bonds is 6. The predicted octanol–water partition coefficient (Wildman–Crippen LogP) is 4.40. The fraction of sp³-hybridized carbons (Fsp3) is 0.190. The highest BCUT2D eigenvalue weighted by Crippen LogP contribution is 2.33. The molecule has 1 saturated heterocycles. The number of aryl methyl sites for hydroxylation is 1. The molecular formula is C21H19ClN2O5S. The first kappa shape index (κ1) is 21.7. The highest BCUT2D eigenvalue weighted by Gasteiger charge is 2.24. The summed E-state index contributed by atoms with van der Waals surface area (Å²) >= 11 is 7.24. The predicted molar refractivity (Wildman–Crippen MR) is 118 cm³/mol. The Hall–Kier alpha value is -2.97. The summed E-state index contributed by atoms with van der Waals surface area (Å²) in [6, 6.07) is 10.4. The van der Waals surface area contributed by atoms with Crippen LogP contribution in [0.1, 0.15) is 18.1 Å². The molecule has 3 rings (SSSR count). The van der Waals surface area contributed by atoms with E-state index >= 15 is 0 Å². The molecule has 0 bridgehead atoms. The number of amidine groups is 1. The number of carbonyl (C=O) groups is 2. The first-order chi connectivity index (χ1) is 14.3. The molecule has 0 spiro atoms. The fourth-order valence-electron chi connectivity index (χ4n) is 2.56. The van der Waals surface area contributed by atoms with Crippen LogP contribution in [0.2, 0.25) is 5.02 Å². The fourth-order valence-corrected chi connectivity index (χ4v) is 3.56. The number of benzene rings is 2. The topological polar surface area (TPSA) is 97.2 Å². The lowest BCUT2D eigenvalue weighted by atomic mass is 10.2. The molecule has 2 aromatic carbocycles. The third-order valence-corrected chi connectivity index (χ3v) is 5.33. The molecule has 7 nitrogen and oxygen atoms in total. The average molecular weight is 447 g/mol. The molecule has 9 heteroatoms. The number of nitrogens with zero attached hydrogens (tertiary/aromatic N) is 1. The van der Waals surface area contributed by atoms with Crippen molar-refractivity contribution in [3.8, 4) is 11.5 Å². The van der Waals surface area contributed by atoms with Gasteiger partial charge in [-0.1, -0.05) is 23.7 Å². The van der Waals surface area contributed by atoms with E-state index in [1.165, 1.54) is 25.8 Å². The molecule has 156 valence electrons. The number of aliphatic imine (C=N–C) groups is 1. The van der Waals surface area contributed by atoms with Gasteiger partial charge < -0.3 is 19.9 Å². The minimum absolute atomic E-state index is 0.266. The van der Waals surface area contributed by atoms with E-state index in [0.29, 0.717) is 37.8 Å². The Balaban J connectivity index is 1.83. The number of ether oxygens (including phenoxy) is 2. The number of aliphatic carboxylic acids is 1. The van der Waals surface area contributed by atoms with Crippen LogP contribution in [-0.4, -0.2) is 35.4 Å². The third kappa shape index (κ3) is 5.14. The second-order valence-corrected chi connectivity index (χ2v) is 7.89. The summed E-state index contributed by atoms with van der Waals surface area (Å²) in [4.78, 5) is 28.3. The third-order valence-electron chi connectivity index (χ3n) is 4.18. The molecule has 0 radical (unpaired) electrons. The number of halogens is 1. The van der Waals surface area contributed by atoms with Crippen molar-refractivity contribution in [1.29, 1.82) is 0 Å². The molecule has 1 aliphatic heterocycles. The van der Waals surface area contributed by atoms with E-state index in [4.69, 9.17) is 26.2 Å². The molecule has 30 heavy (non-hydrogen) atoms. The van der Waals surface area contributed by atoms with Gasteiger partial charge in [-0.25, -0.2) is 9.79 Å². The SMILES string of the molecule is COc1cc(/C=C2\SC(=Nc3cc(Cl)ccc3C)NC2=O)ccc1OC(C)C(=O)O. The lowest BCUT2D eigenvalue weighted by molar-refractivity contribution is -0.144. The van der Waals surface area contributed by atoms with Gasteiger partial charge in [-0.3, -0.25) is 4.79 Å². The maximum atomic E-state index is 12.3. The van der Waals surface area contributed by atoms with Crippen LogP contribution >= 0.6 is 23.4 Å². The number of thioether (sulfide) groups is 1. The molecule has 1 atom stereocenters. The number of hydrogen-bond donors (Lipinski definition) is 2. The minimum atomic E-state index is -1.08. The van der Waals surface area contributed by atoms with Crippen LogP contribution in [-0.2, 0) is 9.59 Å². The second-order valence-electron chi connectivity index (χ2n) is 6.42. The minimum Gasteiger partial charge on any atom is -0.493 e. The zero-order chi connectivity index (χ0) is 21.8. The van der Waals surface area contributed by atoms with Gasteiger partial charge in [-0.2, -0.15) is 0 Å². The Morgan fingerprint density at radius 2 is 2.03 bits per heavy atom. The van der Waals surface area contributed by atoms with Gasteiger partial charge in [0.2, 0.25) is 0 Å². The Morgan fingerprint density at radius 1 is 1.27 bits per heavy atom. The number of carboxylic acid groups (broad SMARTS) is 1. The maximum absolute atomic E-state index is 12.3. The summed E-state index contributed by atoms with van der Waals surface area (Å²) in [5, 5.41) is 12.8. The van der Waals surface area contributed by atoms with E-state index in [2.05, 4.69) is 10.3 Å². The van der Waals surface area contributed by atoms with Crippen molar-refractivity contribution in [2.24, 2.45) is 4.99 Å². The largest absolute Gasteiger partial charge is 0.493 e. The first-order valence-electron chi connectivity index (χ1n) is 8.90. The van der Waals surface area contributed by atoms with Crippen molar-refractivity contribution in [1.82, 2.24) is 5.32 Å². The normalized spacial score (nSPS) is 17.1. The average Bonchev–Trinajstić information content (AvgIpc) is 3.04. The molecule has 2 N–H and O–H groups in total. The van der Waals surface area contributed by atoms with Crippen LogP contribution in [0.25, 0.3) is 6.08 Å². The van der Waals surface area contributed by atoms with Gasteiger partial charge in [-0.05, 0) is 67.1 Å². The first-order valence-corrected chi connectivity index (χ1v) is 10.1. The Labute approximate surface area is 182 Å². The van der Waals surface area contributed by atoms with Crippen molar-refractivity contribution >= 4 is 52.2 Å². The molecule has 0 saturated carbocycles. The molecule has 0 aliphatic carbocycles. The summed E-state index contributed by atoms with van der Waals surface area (Å²) in [5.41, 5.74) is 2.32. The van der Waals surface area contributed by atoms with Crippen LogP contribution in [0.5, 0.6) is 11.5 Å². The van der Waals surface area contributed by atoms with Crippen molar-refractivity contribution in [3.05, 3.63) is 57.5 Å². The summed E-state index contributed by atoms with van der Waals surface area (Å²) < 4.78 is 10.7. The standard InChI is InChI=1S/C21H19ClN2O5S/c1-11-4-6-14(22)10-15(11)23-21-24-19(25)18(30-21)9-13-5-7-16(17(8-13)28-3)29-12(2)20(26)27/h4-10,12H,1-3H3,(H,26,27)(H,23,24,25)/b18-9-. The van der Waals surface area contributed by atoms with E-state index in [1.54, 1.807) is 36.4 Å². The van der Waals surface area contributed by atoms with Gasteiger partial charge in [0, 0.05) is 5.02 Å². The van der Waals surface area contributed by atoms with Crippen LogP contribution in [0.15, 0.2) is 46.3 Å². The van der Waals surface area contributed by atoms with Gasteiger partial charge in [-0.15, -0.1) is 0 Å². The number of carboxylic acids is 1. The van der Waals surface area contributed by atoms with Gasteiger partial charge in [0.15, 0.2) is 22.8 Å². The van der Waals surface area contributed by atoms with Gasteiger partial charge >= 0.3 is 5.97 Å². The van der Waals surface area contributed by atoms with Crippen molar-refractivity contribution in [2.75, 3.05) is 7.11 Å². The molecule has 0 aromatic heterocycles. The molecule has 2 aromatic rings. The van der Waals surface area contributed by atoms with E-state index < -0.39 is 12.1 Å². The Kier molecular flexibility index (Phi) is 6.69. The van der Waals surface area contributed by atoms with Crippen LogP contribution in [0.4, 0.5) is 5.69 Å². The van der Waals surface area contributed by atoms with Crippen molar-refractivity contribution < 1.29 is 24.2 Å². The highest BCUT2D eigenvalue weighted by molar-refractivity contribution is 8.18. The molecular weight excluding hydrogens is 428 g/mol. The zero-order valence-electron chi connectivity index (χ0n) is 16.4.